The maximum Gasteiger partial charge on any atom is 0.140 e. The average molecular weight is 288 g/mol. The van der Waals surface area contributed by atoms with Crippen molar-refractivity contribution in [1.29, 1.82) is 0 Å². The van der Waals surface area contributed by atoms with E-state index in [1.54, 1.807) is 0 Å². The Bertz CT molecular complexity index is 369. The second-order valence-electron chi connectivity index (χ2n) is 3.90. The highest BCUT2D eigenvalue weighted by atomic mass is 79.9. The molecule has 0 spiro atoms. The van der Waals surface area contributed by atoms with Gasteiger partial charge in [0, 0.05) is 21.8 Å². The molecule has 0 N–H and O–H groups in total. The van der Waals surface area contributed by atoms with Crippen LogP contribution in [-0.2, 0) is 4.79 Å². The molecule has 0 amide bonds. The van der Waals surface area contributed by atoms with E-state index in [0.717, 1.165) is 29.3 Å². The van der Waals surface area contributed by atoms with Gasteiger partial charge in [-0.15, -0.1) is 0 Å². The first kappa shape index (κ1) is 11.2. The molecule has 0 radical (unpaired) electrons. The van der Waals surface area contributed by atoms with E-state index in [-0.39, 0.29) is 5.92 Å². The maximum absolute atomic E-state index is 11.8. The van der Waals surface area contributed by atoms with Gasteiger partial charge in [0.15, 0.2) is 0 Å². The van der Waals surface area contributed by atoms with Gasteiger partial charge in [0.25, 0.3) is 0 Å². The summed E-state index contributed by atoms with van der Waals surface area (Å²) in [5.74, 6) is 0.330. The Morgan fingerprint density at radius 3 is 2.80 bits per heavy atom. The second-order valence-corrected chi connectivity index (χ2v) is 5.16. The molecule has 2 rings (SSSR count). The van der Waals surface area contributed by atoms with Crippen molar-refractivity contribution in [3.63, 3.8) is 0 Å². The van der Waals surface area contributed by atoms with Crippen LogP contribution in [0.5, 0.6) is 0 Å². The largest absolute Gasteiger partial charge is 0.299 e. The van der Waals surface area contributed by atoms with Crippen LogP contribution in [0.15, 0.2) is 22.7 Å². The van der Waals surface area contributed by atoms with Gasteiger partial charge in [0.05, 0.1) is 0 Å². The van der Waals surface area contributed by atoms with E-state index in [0.29, 0.717) is 17.2 Å². The van der Waals surface area contributed by atoms with Gasteiger partial charge in [-0.3, -0.25) is 4.79 Å². The molecule has 0 heterocycles. The molecule has 1 nitrogen and oxygen atoms in total. The molecule has 1 aliphatic rings. The highest BCUT2D eigenvalue weighted by Gasteiger charge is 2.27. The lowest BCUT2D eigenvalue weighted by Crippen LogP contribution is -2.17. The van der Waals surface area contributed by atoms with Crippen molar-refractivity contribution >= 4 is 33.3 Å². The molecule has 15 heavy (non-hydrogen) atoms. The lowest BCUT2D eigenvalue weighted by atomic mass is 9.83. The Morgan fingerprint density at radius 2 is 2.13 bits per heavy atom. The Hall–Kier alpha value is -0.340. The van der Waals surface area contributed by atoms with Crippen LogP contribution in [0.25, 0.3) is 0 Å². The number of carbonyl (C=O) groups is 1. The third kappa shape index (κ3) is 2.26. The summed E-state index contributed by atoms with van der Waals surface area (Å²) in [4.78, 5) is 11.8. The number of hydrogen-bond donors (Lipinski definition) is 0. The average Bonchev–Trinajstić information content (AvgIpc) is 2.20. The van der Waals surface area contributed by atoms with Gasteiger partial charge < -0.3 is 0 Å². The summed E-state index contributed by atoms with van der Waals surface area (Å²) < 4.78 is 0.954. The second kappa shape index (κ2) is 4.67. The number of ketones is 1. The summed E-state index contributed by atoms with van der Waals surface area (Å²) in [5, 5.41) is 0.699. The molecule has 1 unspecified atom stereocenters. The minimum Gasteiger partial charge on any atom is -0.299 e. The predicted molar refractivity (Wildman–Crippen MR) is 65.4 cm³/mol. The maximum atomic E-state index is 11.8. The van der Waals surface area contributed by atoms with E-state index in [9.17, 15) is 4.79 Å². The monoisotopic (exact) mass is 286 g/mol. The molecule has 1 aromatic rings. The molecule has 1 aliphatic carbocycles. The van der Waals surface area contributed by atoms with Crippen LogP contribution < -0.4 is 0 Å². The lowest BCUT2D eigenvalue weighted by Gasteiger charge is -2.22. The Labute approximate surface area is 103 Å². The molecular weight excluding hydrogens is 275 g/mol. The van der Waals surface area contributed by atoms with Crippen molar-refractivity contribution in [1.82, 2.24) is 0 Å². The number of carbonyl (C=O) groups excluding carboxylic acids is 1. The summed E-state index contributed by atoms with van der Waals surface area (Å²) in [5.41, 5.74) is 0.976. The van der Waals surface area contributed by atoms with Crippen molar-refractivity contribution in [2.45, 2.75) is 31.6 Å². The number of Topliss-reactive ketones (excluding diaryl/α,β-unsaturated/α-hetero) is 1. The molecular formula is C12H12BrClO. The van der Waals surface area contributed by atoms with Crippen LogP contribution in [0.4, 0.5) is 0 Å². The number of rotatable bonds is 1. The minimum absolute atomic E-state index is 0.00169. The van der Waals surface area contributed by atoms with Gasteiger partial charge in [-0.1, -0.05) is 40.0 Å². The van der Waals surface area contributed by atoms with Crippen molar-refractivity contribution < 1.29 is 4.79 Å². The molecule has 0 bridgehead atoms. The van der Waals surface area contributed by atoms with E-state index in [2.05, 4.69) is 15.9 Å². The van der Waals surface area contributed by atoms with Crippen molar-refractivity contribution in [3.8, 4) is 0 Å². The molecule has 0 saturated heterocycles. The van der Waals surface area contributed by atoms with Crippen LogP contribution >= 0.6 is 27.5 Å². The normalized spacial score (nSPS) is 21.7. The van der Waals surface area contributed by atoms with Crippen molar-refractivity contribution in [3.05, 3.63) is 33.3 Å². The molecule has 0 aromatic heterocycles. The summed E-state index contributed by atoms with van der Waals surface area (Å²) in [6.45, 7) is 0. The molecule has 1 aromatic carbocycles. The third-order valence-electron chi connectivity index (χ3n) is 2.90. The van der Waals surface area contributed by atoms with Crippen LogP contribution in [0, 0.1) is 0 Å². The summed E-state index contributed by atoms with van der Waals surface area (Å²) >= 11 is 9.62. The van der Waals surface area contributed by atoms with Gasteiger partial charge in [0.2, 0.25) is 0 Å². The highest BCUT2D eigenvalue weighted by molar-refractivity contribution is 9.10. The zero-order valence-corrected chi connectivity index (χ0v) is 10.6. The van der Waals surface area contributed by atoms with Crippen LogP contribution in [-0.4, -0.2) is 5.78 Å². The topological polar surface area (TPSA) is 17.1 Å². The molecule has 1 fully saturated rings. The van der Waals surface area contributed by atoms with Crippen LogP contribution in [0.2, 0.25) is 5.02 Å². The standard InChI is InChI=1S/C12H12BrClO/c13-9-5-3-6-10(14)12(9)8-4-1-2-7-11(8)15/h3,5-6,8H,1-2,4,7H2. The predicted octanol–water partition coefficient (Wildman–Crippen LogP) is 4.33. The number of benzene rings is 1. The fourth-order valence-corrected chi connectivity index (χ4v) is 3.19. The summed E-state index contributed by atoms with van der Waals surface area (Å²) in [6, 6.07) is 5.69. The number of hydrogen-bond acceptors (Lipinski definition) is 1. The first-order chi connectivity index (χ1) is 7.20. The lowest BCUT2D eigenvalue weighted by molar-refractivity contribution is -0.121. The molecule has 0 aliphatic heterocycles. The fourth-order valence-electron chi connectivity index (χ4n) is 2.13. The first-order valence-corrected chi connectivity index (χ1v) is 6.34. The van der Waals surface area contributed by atoms with Gasteiger partial charge in [-0.2, -0.15) is 0 Å². The SMILES string of the molecule is O=C1CCCCC1c1c(Cl)cccc1Br. The van der Waals surface area contributed by atoms with E-state index in [1.165, 1.54) is 0 Å². The van der Waals surface area contributed by atoms with Gasteiger partial charge >= 0.3 is 0 Å². The molecule has 1 saturated carbocycles. The number of halogens is 2. The van der Waals surface area contributed by atoms with E-state index in [1.807, 2.05) is 18.2 Å². The summed E-state index contributed by atoms with van der Waals surface area (Å²) in [6.07, 6.45) is 3.77. The highest BCUT2D eigenvalue weighted by Crippen LogP contribution is 2.38. The van der Waals surface area contributed by atoms with Gasteiger partial charge in [-0.25, -0.2) is 0 Å². The minimum atomic E-state index is 0.00169. The molecule has 3 heteroatoms. The summed E-state index contributed by atoms with van der Waals surface area (Å²) in [7, 11) is 0. The van der Waals surface area contributed by atoms with Gasteiger partial charge in [0.1, 0.15) is 5.78 Å². The van der Waals surface area contributed by atoms with Gasteiger partial charge in [-0.05, 0) is 30.5 Å². The quantitative estimate of drug-likeness (QED) is 0.751. The molecule has 1 atom stereocenters. The van der Waals surface area contributed by atoms with Crippen molar-refractivity contribution in [2.24, 2.45) is 0 Å². The van der Waals surface area contributed by atoms with E-state index >= 15 is 0 Å². The van der Waals surface area contributed by atoms with Crippen LogP contribution in [0.1, 0.15) is 37.2 Å². The van der Waals surface area contributed by atoms with Crippen LogP contribution in [0.3, 0.4) is 0 Å². The Kier molecular flexibility index (Phi) is 3.47. The zero-order valence-electron chi connectivity index (χ0n) is 8.30. The third-order valence-corrected chi connectivity index (χ3v) is 3.92. The Balaban J connectivity index is 2.39. The smallest absolute Gasteiger partial charge is 0.140 e. The fraction of sp³-hybridized carbons (Fsp3) is 0.417. The molecule has 80 valence electrons. The first-order valence-electron chi connectivity index (χ1n) is 5.17. The van der Waals surface area contributed by atoms with E-state index in [4.69, 9.17) is 11.6 Å². The van der Waals surface area contributed by atoms with E-state index < -0.39 is 0 Å². The Morgan fingerprint density at radius 1 is 1.33 bits per heavy atom. The zero-order chi connectivity index (χ0) is 10.8. The van der Waals surface area contributed by atoms with Crippen molar-refractivity contribution in [2.75, 3.05) is 0 Å².